The van der Waals surface area contributed by atoms with Gasteiger partial charge in [-0.1, -0.05) is 24.3 Å². The number of furan rings is 1. The van der Waals surface area contributed by atoms with Gasteiger partial charge in [0.2, 0.25) is 0 Å². The van der Waals surface area contributed by atoms with E-state index >= 15 is 0 Å². The fourth-order valence-corrected chi connectivity index (χ4v) is 3.02. The molecule has 0 saturated heterocycles. The summed E-state index contributed by atoms with van der Waals surface area (Å²) in [6, 6.07) is 12.9. The van der Waals surface area contributed by atoms with Gasteiger partial charge >= 0.3 is 0 Å². The van der Waals surface area contributed by atoms with Gasteiger partial charge < -0.3 is 9.73 Å². The first-order valence-corrected chi connectivity index (χ1v) is 7.25. The highest BCUT2D eigenvalue weighted by atomic mass is 16.3. The maximum Gasteiger partial charge on any atom is 0.118 e. The summed E-state index contributed by atoms with van der Waals surface area (Å²) in [5.41, 5.74) is 2.93. The smallest absolute Gasteiger partial charge is 0.118 e. The lowest BCUT2D eigenvalue weighted by atomic mass is 9.90. The van der Waals surface area contributed by atoms with E-state index in [-0.39, 0.29) is 0 Å². The molecule has 20 heavy (non-hydrogen) atoms. The number of hydrogen-bond donors (Lipinski definition) is 1. The third-order valence-corrected chi connectivity index (χ3v) is 3.95. The van der Waals surface area contributed by atoms with Crippen LogP contribution in [0.15, 0.2) is 40.8 Å². The summed E-state index contributed by atoms with van der Waals surface area (Å²) in [5, 5.41) is 3.51. The van der Waals surface area contributed by atoms with E-state index in [4.69, 9.17) is 4.42 Å². The Morgan fingerprint density at radius 3 is 2.90 bits per heavy atom. The maximum absolute atomic E-state index is 5.66. The molecule has 0 saturated carbocycles. The van der Waals surface area contributed by atoms with Crippen LogP contribution in [-0.2, 0) is 13.1 Å². The van der Waals surface area contributed by atoms with Gasteiger partial charge in [-0.3, -0.25) is 4.90 Å². The zero-order valence-electron chi connectivity index (χ0n) is 12.2. The number of fused-ring (bicyclic) bond motifs is 1. The minimum absolute atomic E-state index is 0.556. The number of rotatable bonds is 4. The lowest BCUT2D eigenvalue weighted by Gasteiger charge is -2.29. The van der Waals surface area contributed by atoms with Gasteiger partial charge in [-0.15, -0.1) is 0 Å². The van der Waals surface area contributed by atoms with Crippen LogP contribution in [0.4, 0.5) is 0 Å². The van der Waals surface area contributed by atoms with E-state index in [9.17, 15) is 0 Å². The molecule has 106 valence electrons. The Hall–Kier alpha value is -1.58. The summed E-state index contributed by atoms with van der Waals surface area (Å²) in [6.07, 6.45) is 0. The van der Waals surface area contributed by atoms with E-state index in [1.54, 1.807) is 0 Å². The number of benzene rings is 1. The monoisotopic (exact) mass is 270 g/mol. The van der Waals surface area contributed by atoms with E-state index in [1.807, 2.05) is 13.0 Å². The molecular weight excluding hydrogens is 248 g/mol. The summed E-state index contributed by atoms with van der Waals surface area (Å²) in [5.74, 6) is 2.58. The van der Waals surface area contributed by atoms with Crippen LogP contribution in [0.3, 0.4) is 0 Å². The van der Waals surface area contributed by atoms with Crippen molar-refractivity contribution < 1.29 is 4.42 Å². The van der Waals surface area contributed by atoms with Gasteiger partial charge in [0.05, 0.1) is 6.54 Å². The lowest BCUT2D eigenvalue weighted by molar-refractivity contribution is 0.268. The number of nitrogens with zero attached hydrogens (tertiary/aromatic N) is 1. The molecule has 0 spiro atoms. The number of likely N-dealkylation sites (N-methyl/N-ethyl adjacent to an activating group) is 1. The van der Waals surface area contributed by atoms with Gasteiger partial charge in [0.15, 0.2) is 0 Å². The second kappa shape index (κ2) is 5.81. The van der Waals surface area contributed by atoms with Crippen LogP contribution in [0.1, 0.15) is 28.6 Å². The molecule has 0 bridgehead atoms. The fraction of sp³-hybridized carbons (Fsp3) is 0.412. The molecule has 0 amide bonds. The summed E-state index contributed by atoms with van der Waals surface area (Å²) in [6.45, 7) is 5.95. The number of aryl methyl sites for hydroxylation is 1. The first-order chi connectivity index (χ1) is 9.72. The molecule has 0 radical (unpaired) electrons. The molecule has 2 heterocycles. The molecule has 0 aliphatic carbocycles. The molecule has 3 heteroatoms. The van der Waals surface area contributed by atoms with Gasteiger partial charge in [-0.25, -0.2) is 0 Å². The van der Waals surface area contributed by atoms with Crippen LogP contribution in [0, 0.1) is 6.92 Å². The van der Waals surface area contributed by atoms with Crippen molar-refractivity contribution in [3.05, 3.63) is 59.0 Å². The van der Waals surface area contributed by atoms with Crippen LogP contribution in [-0.4, -0.2) is 25.0 Å². The van der Waals surface area contributed by atoms with Gasteiger partial charge in [0, 0.05) is 25.6 Å². The predicted molar refractivity (Wildman–Crippen MR) is 80.7 cm³/mol. The average Bonchev–Trinajstić information content (AvgIpc) is 2.84. The van der Waals surface area contributed by atoms with Crippen LogP contribution in [0.5, 0.6) is 0 Å². The van der Waals surface area contributed by atoms with Crippen molar-refractivity contribution in [3.8, 4) is 0 Å². The highest BCUT2D eigenvalue weighted by molar-refractivity contribution is 5.32. The third-order valence-electron chi connectivity index (χ3n) is 3.95. The Balaban J connectivity index is 1.66. The van der Waals surface area contributed by atoms with E-state index in [1.165, 1.54) is 11.1 Å². The van der Waals surface area contributed by atoms with Crippen molar-refractivity contribution in [2.75, 3.05) is 20.1 Å². The quantitative estimate of drug-likeness (QED) is 0.926. The molecule has 2 aromatic rings. The fourth-order valence-electron chi connectivity index (χ4n) is 3.02. The zero-order chi connectivity index (χ0) is 13.9. The Bertz CT molecular complexity index is 576. The Labute approximate surface area is 120 Å². The first kappa shape index (κ1) is 13.4. The molecular formula is C17H22N2O. The summed E-state index contributed by atoms with van der Waals surface area (Å²) in [7, 11) is 2.16. The van der Waals surface area contributed by atoms with Gasteiger partial charge in [-0.2, -0.15) is 0 Å². The van der Waals surface area contributed by atoms with Gasteiger partial charge in [-0.05, 0) is 37.2 Å². The average molecular weight is 270 g/mol. The second-order valence-electron chi connectivity index (χ2n) is 5.74. The third kappa shape index (κ3) is 2.94. The number of nitrogens with one attached hydrogen (secondary N) is 1. The van der Waals surface area contributed by atoms with Gasteiger partial charge in [0.1, 0.15) is 11.5 Å². The summed E-state index contributed by atoms with van der Waals surface area (Å²) < 4.78 is 5.66. The van der Waals surface area contributed by atoms with E-state index in [0.29, 0.717) is 5.92 Å². The predicted octanol–water partition coefficient (Wildman–Crippen LogP) is 2.91. The maximum atomic E-state index is 5.66. The molecule has 1 N–H and O–H groups in total. The summed E-state index contributed by atoms with van der Waals surface area (Å²) >= 11 is 0. The topological polar surface area (TPSA) is 28.4 Å². The molecule has 0 fully saturated rings. The summed E-state index contributed by atoms with van der Waals surface area (Å²) in [4.78, 5) is 2.34. The first-order valence-electron chi connectivity index (χ1n) is 7.25. The van der Waals surface area contributed by atoms with Crippen molar-refractivity contribution in [2.24, 2.45) is 0 Å². The van der Waals surface area contributed by atoms with E-state index in [2.05, 4.69) is 47.6 Å². The molecule has 1 unspecified atom stereocenters. The molecule has 1 aliphatic heterocycles. The largest absolute Gasteiger partial charge is 0.465 e. The molecule has 3 nitrogen and oxygen atoms in total. The second-order valence-corrected chi connectivity index (χ2v) is 5.74. The van der Waals surface area contributed by atoms with E-state index in [0.717, 1.165) is 37.7 Å². The van der Waals surface area contributed by atoms with Crippen LogP contribution >= 0.6 is 0 Å². The van der Waals surface area contributed by atoms with Crippen LogP contribution < -0.4 is 5.32 Å². The minimum Gasteiger partial charge on any atom is -0.465 e. The van der Waals surface area contributed by atoms with Crippen molar-refractivity contribution in [1.82, 2.24) is 10.2 Å². The van der Waals surface area contributed by atoms with Crippen molar-refractivity contribution in [1.29, 1.82) is 0 Å². The Kier molecular flexibility index (Phi) is 3.90. The number of hydrogen-bond acceptors (Lipinski definition) is 3. The standard InChI is InChI=1S/C17H22N2O/c1-13-7-8-16(20-13)12-19(2)11-15-10-18-9-14-5-3-4-6-17(14)15/h3-8,15,18H,9-12H2,1-2H3. The Morgan fingerprint density at radius 1 is 1.25 bits per heavy atom. The highest BCUT2D eigenvalue weighted by Crippen LogP contribution is 2.24. The molecule has 1 aromatic carbocycles. The van der Waals surface area contributed by atoms with Gasteiger partial charge in [0.25, 0.3) is 0 Å². The molecule has 1 aliphatic rings. The SMILES string of the molecule is Cc1ccc(CN(C)CC2CNCc3ccccc32)o1. The van der Waals surface area contributed by atoms with E-state index < -0.39 is 0 Å². The molecule has 1 aromatic heterocycles. The van der Waals surface area contributed by atoms with Crippen molar-refractivity contribution >= 4 is 0 Å². The highest BCUT2D eigenvalue weighted by Gasteiger charge is 2.21. The Morgan fingerprint density at radius 2 is 2.10 bits per heavy atom. The normalized spacial score (nSPS) is 18.2. The van der Waals surface area contributed by atoms with Crippen molar-refractivity contribution in [3.63, 3.8) is 0 Å². The molecule has 1 atom stereocenters. The lowest BCUT2D eigenvalue weighted by Crippen LogP contribution is -2.35. The van der Waals surface area contributed by atoms with Crippen LogP contribution in [0.25, 0.3) is 0 Å². The zero-order valence-corrected chi connectivity index (χ0v) is 12.2. The minimum atomic E-state index is 0.556. The van der Waals surface area contributed by atoms with Crippen LogP contribution in [0.2, 0.25) is 0 Å². The van der Waals surface area contributed by atoms with Crippen molar-refractivity contribution in [2.45, 2.75) is 25.9 Å². The molecule has 3 rings (SSSR count).